The first-order valence-electron chi connectivity index (χ1n) is 11.1. The van der Waals surface area contributed by atoms with Crippen molar-refractivity contribution in [3.63, 3.8) is 0 Å². The number of fused-ring (bicyclic) bond motifs is 2. The Morgan fingerprint density at radius 1 is 1.08 bits per heavy atom. The van der Waals surface area contributed by atoms with Crippen molar-refractivity contribution < 1.29 is 28.2 Å². The lowest BCUT2D eigenvalue weighted by atomic mass is 9.98. The van der Waals surface area contributed by atoms with E-state index in [-0.39, 0.29) is 33.3 Å². The van der Waals surface area contributed by atoms with Crippen LogP contribution in [0.4, 0.5) is 5.13 Å². The number of carbonyl (C=O) groups is 2. The number of Topliss-reactive ketones (excluding diaryl/α,β-unsaturated/α-hetero) is 1. The molecule has 5 rings (SSSR count). The Bertz CT molecular complexity index is 1630. The fourth-order valence-electron chi connectivity index (χ4n) is 4.53. The minimum absolute atomic E-state index is 0.0872. The van der Waals surface area contributed by atoms with Crippen LogP contribution in [0.3, 0.4) is 0 Å². The Labute approximate surface area is 223 Å². The number of thiazole rings is 1. The summed E-state index contributed by atoms with van der Waals surface area (Å²) < 4.78 is 23.2. The standard InChI is InChI=1S/C26H21BrN2O7S/c1-11-24(12(2)30)37-26(28-11)29-20(13-8-17(33-3)22(35-5)18(9-13)34-4)19-21(31)15-10-14(27)6-7-16(15)36-23(19)25(29)32/h6-10,20H,1-5H3. The molecule has 2 aromatic carbocycles. The Morgan fingerprint density at radius 2 is 1.76 bits per heavy atom. The summed E-state index contributed by atoms with van der Waals surface area (Å²) in [4.78, 5) is 46.2. The summed E-state index contributed by atoms with van der Waals surface area (Å²) in [5.41, 5.74) is 1.09. The van der Waals surface area contributed by atoms with E-state index in [0.29, 0.717) is 43.2 Å². The number of methoxy groups -OCH3 is 3. The van der Waals surface area contributed by atoms with Gasteiger partial charge in [-0.15, -0.1) is 0 Å². The van der Waals surface area contributed by atoms with Crippen molar-refractivity contribution in [2.45, 2.75) is 19.9 Å². The fraction of sp³-hybridized carbons (Fsp3) is 0.231. The van der Waals surface area contributed by atoms with Crippen LogP contribution in [0.2, 0.25) is 0 Å². The Balaban J connectivity index is 1.84. The second-order valence-electron chi connectivity index (χ2n) is 8.32. The number of carbonyl (C=O) groups excluding carboxylic acids is 2. The molecule has 0 spiro atoms. The molecule has 0 N–H and O–H groups in total. The molecule has 37 heavy (non-hydrogen) atoms. The molecule has 4 aromatic rings. The number of rotatable bonds is 6. The van der Waals surface area contributed by atoms with Gasteiger partial charge >= 0.3 is 0 Å². The number of halogens is 1. The van der Waals surface area contributed by atoms with Gasteiger partial charge in [-0.2, -0.15) is 0 Å². The van der Waals surface area contributed by atoms with Crippen molar-refractivity contribution in [3.05, 3.63) is 72.5 Å². The molecule has 0 radical (unpaired) electrons. The Kier molecular flexibility index (Phi) is 6.28. The van der Waals surface area contributed by atoms with Crippen molar-refractivity contribution in [1.82, 2.24) is 4.98 Å². The van der Waals surface area contributed by atoms with Gasteiger partial charge in [0.15, 0.2) is 27.8 Å². The third-order valence-corrected chi connectivity index (χ3v) is 7.90. The maximum absolute atomic E-state index is 13.9. The van der Waals surface area contributed by atoms with Gasteiger partial charge in [0.2, 0.25) is 11.5 Å². The van der Waals surface area contributed by atoms with Crippen LogP contribution >= 0.6 is 27.3 Å². The van der Waals surface area contributed by atoms with Crippen molar-refractivity contribution in [2.24, 2.45) is 0 Å². The van der Waals surface area contributed by atoms with Crippen LogP contribution in [-0.4, -0.2) is 38.0 Å². The normalized spacial score (nSPS) is 14.7. The van der Waals surface area contributed by atoms with Crippen molar-refractivity contribution in [2.75, 3.05) is 26.2 Å². The van der Waals surface area contributed by atoms with Gasteiger partial charge in [0.1, 0.15) is 5.58 Å². The van der Waals surface area contributed by atoms with Crippen LogP contribution < -0.4 is 24.5 Å². The number of ketones is 1. The van der Waals surface area contributed by atoms with Gasteiger partial charge in [0.05, 0.1) is 48.9 Å². The fourth-order valence-corrected chi connectivity index (χ4v) is 5.88. The molecule has 0 saturated heterocycles. The van der Waals surface area contributed by atoms with E-state index >= 15 is 0 Å². The summed E-state index contributed by atoms with van der Waals surface area (Å²) in [7, 11) is 4.45. The average molecular weight is 585 g/mol. The van der Waals surface area contributed by atoms with Crippen LogP contribution in [-0.2, 0) is 0 Å². The molecule has 11 heteroatoms. The minimum atomic E-state index is -0.929. The molecule has 0 aliphatic carbocycles. The van der Waals surface area contributed by atoms with E-state index in [0.717, 1.165) is 11.3 Å². The molecule has 9 nitrogen and oxygen atoms in total. The number of anilines is 1. The quantitative estimate of drug-likeness (QED) is 0.281. The lowest BCUT2D eigenvalue weighted by Gasteiger charge is -2.24. The minimum Gasteiger partial charge on any atom is -0.493 e. The van der Waals surface area contributed by atoms with Crippen LogP contribution in [0.5, 0.6) is 17.2 Å². The predicted molar refractivity (Wildman–Crippen MR) is 142 cm³/mol. The first kappa shape index (κ1) is 25.0. The maximum atomic E-state index is 13.9. The summed E-state index contributed by atoms with van der Waals surface area (Å²) >= 11 is 4.48. The van der Waals surface area contributed by atoms with Crippen LogP contribution in [0.15, 0.2) is 44.0 Å². The van der Waals surface area contributed by atoms with Gasteiger partial charge in [-0.05, 0) is 42.8 Å². The number of aromatic nitrogens is 1. The molecule has 0 bridgehead atoms. The van der Waals surface area contributed by atoms with Gasteiger partial charge in [0, 0.05) is 11.4 Å². The van der Waals surface area contributed by atoms with E-state index in [1.165, 1.54) is 33.2 Å². The summed E-state index contributed by atoms with van der Waals surface area (Å²) in [6.45, 7) is 3.14. The number of benzene rings is 2. The molecule has 1 aliphatic heterocycles. The number of amides is 1. The highest BCUT2D eigenvalue weighted by Gasteiger charge is 2.46. The maximum Gasteiger partial charge on any atom is 0.297 e. The zero-order valence-corrected chi connectivity index (χ0v) is 22.9. The lowest BCUT2D eigenvalue weighted by Crippen LogP contribution is -2.29. The van der Waals surface area contributed by atoms with Gasteiger partial charge in [-0.25, -0.2) is 4.98 Å². The van der Waals surface area contributed by atoms with E-state index in [9.17, 15) is 14.4 Å². The highest BCUT2D eigenvalue weighted by molar-refractivity contribution is 9.10. The Morgan fingerprint density at radius 3 is 2.32 bits per heavy atom. The van der Waals surface area contributed by atoms with E-state index in [2.05, 4.69) is 20.9 Å². The van der Waals surface area contributed by atoms with E-state index in [1.807, 2.05) is 0 Å². The molecule has 0 saturated carbocycles. The number of ether oxygens (including phenoxy) is 3. The first-order chi connectivity index (χ1) is 17.7. The van der Waals surface area contributed by atoms with E-state index < -0.39 is 11.9 Å². The molecule has 1 amide bonds. The molecular formula is C26H21BrN2O7S. The van der Waals surface area contributed by atoms with Gasteiger partial charge in [-0.1, -0.05) is 27.3 Å². The first-order valence-corrected chi connectivity index (χ1v) is 12.7. The van der Waals surface area contributed by atoms with Crippen molar-refractivity contribution in [1.29, 1.82) is 0 Å². The summed E-state index contributed by atoms with van der Waals surface area (Å²) in [6.07, 6.45) is 0. The van der Waals surface area contributed by atoms with Crippen LogP contribution in [0, 0.1) is 6.92 Å². The molecule has 1 atom stereocenters. The molecular weight excluding hydrogens is 564 g/mol. The van der Waals surface area contributed by atoms with Gasteiger partial charge in [0.25, 0.3) is 5.91 Å². The predicted octanol–water partition coefficient (Wildman–Crippen LogP) is 5.30. The molecule has 0 fully saturated rings. The molecule has 2 aromatic heterocycles. The zero-order chi connectivity index (χ0) is 26.6. The molecule has 1 aliphatic rings. The SMILES string of the molecule is COc1cc(C2c3c(oc4ccc(Br)cc4c3=O)C(=O)N2c2nc(C)c(C(C)=O)s2)cc(OC)c1OC. The monoisotopic (exact) mass is 584 g/mol. The molecule has 190 valence electrons. The number of hydrogen-bond acceptors (Lipinski definition) is 9. The van der Waals surface area contributed by atoms with E-state index in [1.54, 1.807) is 37.3 Å². The summed E-state index contributed by atoms with van der Waals surface area (Å²) in [5, 5.41) is 0.586. The third kappa shape index (κ3) is 3.89. The lowest BCUT2D eigenvalue weighted by molar-refractivity contribution is 0.0969. The topological polar surface area (TPSA) is 108 Å². The average Bonchev–Trinajstić information content (AvgIpc) is 3.41. The second kappa shape index (κ2) is 9.31. The largest absolute Gasteiger partial charge is 0.493 e. The zero-order valence-electron chi connectivity index (χ0n) is 20.5. The smallest absolute Gasteiger partial charge is 0.297 e. The summed E-state index contributed by atoms with van der Waals surface area (Å²) in [6, 6.07) is 7.45. The number of nitrogens with zero attached hydrogens (tertiary/aromatic N) is 2. The molecule has 3 heterocycles. The molecule has 1 unspecified atom stereocenters. The second-order valence-corrected chi connectivity index (χ2v) is 10.2. The Hall–Kier alpha value is -3.70. The highest BCUT2D eigenvalue weighted by atomic mass is 79.9. The van der Waals surface area contributed by atoms with Crippen molar-refractivity contribution >= 4 is 55.1 Å². The number of aryl methyl sites for hydroxylation is 1. The van der Waals surface area contributed by atoms with Crippen LogP contribution in [0.1, 0.15) is 50.0 Å². The summed E-state index contributed by atoms with van der Waals surface area (Å²) in [5.74, 6) is 0.272. The van der Waals surface area contributed by atoms with Crippen LogP contribution in [0.25, 0.3) is 11.0 Å². The number of hydrogen-bond donors (Lipinski definition) is 0. The van der Waals surface area contributed by atoms with E-state index in [4.69, 9.17) is 18.6 Å². The van der Waals surface area contributed by atoms with Gasteiger partial charge < -0.3 is 18.6 Å². The van der Waals surface area contributed by atoms with Crippen molar-refractivity contribution in [3.8, 4) is 17.2 Å². The van der Waals surface area contributed by atoms with Gasteiger partial charge in [-0.3, -0.25) is 19.3 Å². The third-order valence-electron chi connectivity index (χ3n) is 6.15. The highest BCUT2D eigenvalue weighted by Crippen LogP contribution is 2.47.